The summed E-state index contributed by atoms with van der Waals surface area (Å²) in [5.74, 6) is -0.0330. The standard InChI is InChI=1S/C13H19ClN2O2/c1-9(2)11(17)7-13(18)15-6-5-10-3-4-12(14)16-8-10/h3-4,8-9,11,17H,5-7H2,1-2H3,(H,15,18). The minimum atomic E-state index is -0.581. The third-order valence-corrected chi connectivity index (χ3v) is 2.91. The van der Waals surface area contributed by atoms with Crippen LogP contribution in [0, 0.1) is 5.92 Å². The predicted molar refractivity (Wildman–Crippen MR) is 71.4 cm³/mol. The molecule has 0 spiro atoms. The number of nitrogens with zero attached hydrogens (tertiary/aromatic N) is 1. The zero-order valence-electron chi connectivity index (χ0n) is 10.7. The quantitative estimate of drug-likeness (QED) is 0.775. The van der Waals surface area contributed by atoms with Gasteiger partial charge >= 0.3 is 0 Å². The highest BCUT2D eigenvalue weighted by Gasteiger charge is 2.13. The number of carbonyl (C=O) groups is 1. The Kier molecular flexibility index (Phi) is 6.09. The van der Waals surface area contributed by atoms with E-state index in [4.69, 9.17) is 11.6 Å². The van der Waals surface area contributed by atoms with Gasteiger partial charge in [-0.25, -0.2) is 4.98 Å². The Hall–Kier alpha value is -1.13. The Balaban J connectivity index is 2.25. The van der Waals surface area contributed by atoms with Crippen molar-refractivity contribution >= 4 is 17.5 Å². The highest BCUT2D eigenvalue weighted by Crippen LogP contribution is 2.06. The van der Waals surface area contributed by atoms with Gasteiger partial charge in [-0.3, -0.25) is 4.79 Å². The van der Waals surface area contributed by atoms with E-state index in [-0.39, 0.29) is 18.2 Å². The molecule has 0 radical (unpaired) electrons. The number of hydrogen-bond acceptors (Lipinski definition) is 3. The normalized spacial score (nSPS) is 12.5. The van der Waals surface area contributed by atoms with Crippen LogP contribution in [-0.4, -0.2) is 28.6 Å². The minimum Gasteiger partial charge on any atom is -0.392 e. The molecule has 0 fully saturated rings. The third-order valence-electron chi connectivity index (χ3n) is 2.69. The molecule has 0 bridgehead atoms. The fourth-order valence-corrected chi connectivity index (χ4v) is 1.51. The summed E-state index contributed by atoms with van der Waals surface area (Å²) in [6.07, 6.45) is 1.96. The summed E-state index contributed by atoms with van der Waals surface area (Å²) in [5, 5.41) is 12.8. The molecular formula is C13H19ClN2O2. The Morgan fingerprint density at radius 1 is 1.50 bits per heavy atom. The predicted octanol–water partition coefficient (Wildman–Crippen LogP) is 1.80. The van der Waals surface area contributed by atoms with Crippen molar-refractivity contribution in [2.45, 2.75) is 32.8 Å². The Morgan fingerprint density at radius 2 is 2.22 bits per heavy atom. The summed E-state index contributed by atoms with van der Waals surface area (Å²) >= 11 is 5.67. The summed E-state index contributed by atoms with van der Waals surface area (Å²) in [4.78, 5) is 15.5. The number of amides is 1. The number of carbonyl (C=O) groups excluding carboxylic acids is 1. The fourth-order valence-electron chi connectivity index (χ4n) is 1.40. The van der Waals surface area contributed by atoms with Crippen molar-refractivity contribution in [3.05, 3.63) is 29.0 Å². The van der Waals surface area contributed by atoms with Crippen molar-refractivity contribution in [1.82, 2.24) is 10.3 Å². The molecule has 1 atom stereocenters. The molecule has 1 aromatic heterocycles. The van der Waals surface area contributed by atoms with E-state index >= 15 is 0 Å². The average molecular weight is 271 g/mol. The number of hydrogen-bond donors (Lipinski definition) is 2. The molecule has 1 rings (SSSR count). The lowest BCUT2D eigenvalue weighted by molar-refractivity contribution is -0.123. The van der Waals surface area contributed by atoms with Gasteiger partial charge in [-0.15, -0.1) is 0 Å². The maximum Gasteiger partial charge on any atom is 0.222 e. The number of aliphatic hydroxyl groups excluding tert-OH is 1. The van der Waals surface area contributed by atoms with Crippen molar-refractivity contribution in [2.24, 2.45) is 5.92 Å². The van der Waals surface area contributed by atoms with Gasteiger partial charge in [0.05, 0.1) is 12.5 Å². The van der Waals surface area contributed by atoms with E-state index in [0.29, 0.717) is 18.1 Å². The lowest BCUT2D eigenvalue weighted by atomic mass is 10.0. The van der Waals surface area contributed by atoms with E-state index in [9.17, 15) is 9.90 Å². The van der Waals surface area contributed by atoms with Crippen LogP contribution in [0.3, 0.4) is 0 Å². The van der Waals surface area contributed by atoms with Gasteiger partial charge in [0, 0.05) is 12.7 Å². The monoisotopic (exact) mass is 270 g/mol. The molecule has 100 valence electrons. The molecule has 1 heterocycles. The van der Waals surface area contributed by atoms with Crippen LogP contribution in [0.1, 0.15) is 25.8 Å². The lowest BCUT2D eigenvalue weighted by Gasteiger charge is -2.13. The van der Waals surface area contributed by atoms with Crippen LogP contribution in [0.25, 0.3) is 0 Å². The summed E-state index contributed by atoms with van der Waals surface area (Å²) in [6.45, 7) is 4.31. The molecule has 2 N–H and O–H groups in total. The molecular weight excluding hydrogens is 252 g/mol. The van der Waals surface area contributed by atoms with Crippen molar-refractivity contribution < 1.29 is 9.90 Å². The smallest absolute Gasteiger partial charge is 0.222 e. The first-order chi connectivity index (χ1) is 8.49. The molecule has 0 aliphatic carbocycles. The van der Waals surface area contributed by atoms with Crippen LogP contribution in [0.5, 0.6) is 0 Å². The van der Waals surface area contributed by atoms with Crippen LogP contribution in [-0.2, 0) is 11.2 Å². The van der Waals surface area contributed by atoms with E-state index in [1.807, 2.05) is 19.9 Å². The lowest BCUT2D eigenvalue weighted by Crippen LogP contribution is -2.30. The number of pyridine rings is 1. The fraction of sp³-hybridized carbons (Fsp3) is 0.538. The summed E-state index contributed by atoms with van der Waals surface area (Å²) in [7, 11) is 0. The summed E-state index contributed by atoms with van der Waals surface area (Å²) in [6, 6.07) is 3.60. The molecule has 1 amide bonds. The zero-order chi connectivity index (χ0) is 13.5. The van der Waals surface area contributed by atoms with Gasteiger partial charge in [-0.05, 0) is 24.0 Å². The molecule has 0 saturated carbocycles. The van der Waals surface area contributed by atoms with Gasteiger partial charge in [-0.1, -0.05) is 31.5 Å². The third kappa shape index (κ3) is 5.47. The molecule has 1 aromatic rings. The number of halogens is 1. The maximum atomic E-state index is 11.5. The van der Waals surface area contributed by atoms with E-state index < -0.39 is 6.10 Å². The van der Waals surface area contributed by atoms with E-state index in [1.165, 1.54) is 0 Å². The van der Waals surface area contributed by atoms with E-state index in [1.54, 1.807) is 12.3 Å². The van der Waals surface area contributed by atoms with Gasteiger partial charge in [0.25, 0.3) is 0 Å². The highest BCUT2D eigenvalue weighted by atomic mass is 35.5. The zero-order valence-corrected chi connectivity index (χ0v) is 11.4. The van der Waals surface area contributed by atoms with Gasteiger partial charge in [0.15, 0.2) is 0 Å². The van der Waals surface area contributed by atoms with Crippen LogP contribution < -0.4 is 5.32 Å². The van der Waals surface area contributed by atoms with E-state index in [2.05, 4.69) is 10.3 Å². The number of nitrogens with one attached hydrogen (secondary N) is 1. The Bertz CT molecular complexity index is 379. The van der Waals surface area contributed by atoms with Crippen molar-refractivity contribution in [3.8, 4) is 0 Å². The maximum absolute atomic E-state index is 11.5. The van der Waals surface area contributed by atoms with Crippen molar-refractivity contribution in [1.29, 1.82) is 0 Å². The average Bonchev–Trinajstić information content (AvgIpc) is 2.31. The minimum absolute atomic E-state index is 0.0937. The van der Waals surface area contributed by atoms with Crippen LogP contribution in [0.15, 0.2) is 18.3 Å². The SMILES string of the molecule is CC(C)C(O)CC(=O)NCCc1ccc(Cl)nc1. The Morgan fingerprint density at radius 3 is 2.78 bits per heavy atom. The second-order valence-corrected chi connectivity index (χ2v) is 4.99. The molecule has 1 unspecified atom stereocenters. The molecule has 4 nitrogen and oxygen atoms in total. The van der Waals surface area contributed by atoms with Crippen molar-refractivity contribution in [2.75, 3.05) is 6.54 Å². The van der Waals surface area contributed by atoms with Crippen LogP contribution in [0.2, 0.25) is 5.15 Å². The molecule has 0 aromatic carbocycles. The first-order valence-electron chi connectivity index (χ1n) is 6.04. The van der Waals surface area contributed by atoms with Gasteiger partial charge in [0.1, 0.15) is 5.15 Å². The van der Waals surface area contributed by atoms with Gasteiger partial charge in [0.2, 0.25) is 5.91 Å². The number of aliphatic hydroxyl groups is 1. The second-order valence-electron chi connectivity index (χ2n) is 4.60. The Labute approximate surface area is 112 Å². The second kappa shape index (κ2) is 7.34. The molecule has 18 heavy (non-hydrogen) atoms. The van der Waals surface area contributed by atoms with Gasteiger partial charge in [-0.2, -0.15) is 0 Å². The number of rotatable bonds is 6. The van der Waals surface area contributed by atoms with Gasteiger partial charge < -0.3 is 10.4 Å². The van der Waals surface area contributed by atoms with Crippen LogP contribution in [0.4, 0.5) is 0 Å². The van der Waals surface area contributed by atoms with E-state index in [0.717, 1.165) is 5.56 Å². The highest BCUT2D eigenvalue weighted by molar-refractivity contribution is 6.29. The first kappa shape index (κ1) is 14.9. The first-order valence-corrected chi connectivity index (χ1v) is 6.42. The molecule has 0 aliphatic rings. The topological polar surface area (TPSA) is 62.2 Å². The summed E-state index contributed by atoms with van der Waals surface area (Å²) < 4.78 is 0. The number of aromatic nitrogens is 1. The largest absolute Gasteiger partial charge is 0.392 e. The van der Waals surface area contributed by atoms with Crippen molar-refractivity contribution in [3.63, 3.8) is 0 Å². The molecule has 5 heteroatoms. The molecule has 0 saturated heterocycles. The van der Waals surface area contributed by atoms with Crippen LogP contribution >= 0.6 is 11.6 Å². The molecule has 0 aliphatic heterocycles. The summed E-state index contributed by atoms with van der Waals surface area (Å²) in [5.41, 5.74) is 1.02.